The number of para-hydroxylation sites is 1. The third kappa shape index (κ3) is 4.72. The van der Waals surface area contributed by atoms with E-state index < -0.39 is 0 Å². The molecule has 122 valence electrons. The van der Waals surface area contributed by atoms with Gasteiger partial charge in [-0.3, -0.25) is 4.79 Å². The summed E-state index contributed by atoms with van der Waals surface area (Å²) in [5, 5.41) is 0. The van der Waals surface area contributed by atoms with Crippen molar-refractivity contribution >= 4 is 11.6 Å². The van der Waals surface area contributed by atoms with Gasteiger partial charge >= 0.3 is 0 Å². The second-order valence-electron chi connectivity index (χ2n) is 5.98. The molecule has 1 fully saturated rings. The van der Waals surface area contributed by atoms with Crippen LogP contribution in [0.4, 0.5) is 10.1 Å². The lowest BCUT2D eigenvalue weighted by atomic mass is 10.1. The fourth-order valence-corrected chi connectivity index (χ4v) is 2.94. The summed E-state index contributed by atoms with van der Waals surface area (Å²) in [7, 11) is 0. The first kappa shape index (κ1) is 16.8. The number of benzene rings is 1. The molecule has 0 atom stereocenters. The molecule has 2 rings (SSSR count). The van der Waals surface area contributed by atoms with Crippen LogP contribution in [-0.2, 0) is 4.79 Å². The molecule has 1 saturated heterocycles. The van der Waals surface area contributed by atoms with Crippen LogP contribution in [0.25, 0.3) is 0 Å². The maximum Gasteiger partial charge on any atom is 0.222 e. The van der Waals surface area contributed by atoms with Gasteiger partial charge in [-0.1, -0.05) is 44.7 Å². The van der Waals surface area contributed by atoms with Crippen molar-refractivity contribution in [3.8, 4) is 0 Å². The van der Waals surface area contributed by atoms with E-state index in [9.17, 15) is 9.18 Å². The molecule has 0 unspecified atom stereocenters. The summed E-state index contributed by atoms with van der Waals surface area (Å²) in [5.41, 5.74) is 0.647. The molecular formula is C18H27FN2O. The minimum absolute atomic E-state index is 0.182. The second-order valence-corrected chi connectivity index (χ2v) is 5.98. The lowest BCUT2D eigenvalue weighted by molar-refractivity contribution is -0.131. The predicted molar refractivity (Wildman–Crippen MR) is 88.6 cm³/mol. The number of hydrogen-bond donors (Lipinski definition) is 0. The summed E-state index contributed by atoms with van der Waals surface area (Å²) in [6.07, 6.45) is 6.51. The Bertz CT molecular complexity index is 470. The van der Waals surface area contributed by atoms with Gasteiger partial charge in [0.15, 0.2) is 0 Å². The fraction of sp³-hybridized carbons (Fsp3) is 0.611. The van der Waals surface area contributed by atoms with Crippen molar-refractivity contribution in [3.05, 3.63) is 30.1 Å². The molecule has 4 heteroatoms. The third-order valence-electron chi connectivity index (χ3n) is 4.32. The van der Waals surface area contributed by atoms with Gasteiger partial charge in [-0.25, -0.2) is 4.39 Å². The van der Waals surface area contributed by atoms with Crippen molar-refractivity contribution in [3.63, 3.8) is 0 Å². The first-order valence-electron chi connectivity index (χ1n) is 8.49. The van der Waals surface area contributed by atoms with Gasteiger partial charge < -0.3 is 9.80 Å². The Morgan fingerprint density at radius 2 is 1.73 bits per heavy atom. The topological polar surface area (TPSA) is 23.6 Å². The molecule has 0 radical (unpaired) electrons. The number of carbonyl (C=O) groups is 1. The largest absolute Gasteiger partial charge is 0.366 e. The average molecular weight is 306 g/mol. The van der Waals surface area contributed by atoms with Crippen LogP contribution in [0.2, 0.25) is 0 Å². The van der Waals surface area contributed by atoms with Crippen molar-refractivity contribution in [2.24, 2.45) is 0 Å². The molecule has 22 heavy (non-hydrogen) atoms. The van der Waals surface area contributed by atoms with Gasteiger partial charge in [0, 0.05) is 32.6 Å². The van der Waals surface area contributed by atoms with Gasteiger partial charge in [-0.05, 0) is 18.6 Å². The summed E-state index contributed by atoms with van der Waals surface area (Å²) < 4.78 is 13.8. The number of anilines is 1. The molecule has 0 spiro atoms. The standard InChI is InChI=1S/C18H27FN2O/c1-2-3-4-5-6-11-18(22)21-14-12-20(13-15-21)17-10-8-7-9-16(17)19/h7-10H,2-6,11-15H2,1H3. The van der Waals surface area contributed by atoms with E-state index >= 15 is 0 Å². The van der Waals surface area contributed by atoms with Gasteiger partial charge in [-0.15, -0.1) is 0 Å². The fourth-order valence-electron chi connectivity index (χ4n) is 2.94. The van der Waals surface area contributed by atoms with Crippen molar-refractivity contribution in [1.82, 2.24) is 4.90 Å². The van der Waals surface area contributed by atoms with E-state index in [0.29, 0.717) is 38.3 Å². The summed E-state index contributed by atoms with van der Waals surface area (Å²) in [5.74, 6) is 0.0721. The quantitative estimate of drug-likeness (QED) is 0.715. The van der Waals surface area contributed by atoms with Crippen molar-refractivity contribution in [1.29, 1.82) is 0 Å². The average Bonchev–Trinajstić information content (AvgIpc) is 2.55. The zero-order valence-corrected chi connectivity index (χ0v) is 13.6. The van der Waals surface area contributed by atoms with Crippen LogP contribution >= 0.6 is 0 Å². The summed E-state index contributed by atoms with van der Waals surface area (Å²) in [6, 6.07) is 6.85. The monoisotopic (exact) mass is 306 g/mol. The number of hydrogen-bond acceptors (Lipinski definition) is 2. The van der Waals surface area contributed by atoms with Crippen LogP contribution in [0.5, 0.6) is 0 Å². The van der Waals surface area contributed by atoms with E-state index in [1.165, 1.54) is 25.3 Å². The van der Waals surface area contributed by atoms with Crippen molar-refractivity contribution in [2.75, 3.05) is 31.1 Å². The normalized spacial score (nSPS) is 15.2. The molecule has 0 N–H and O–H groups in total. The Labute approximate surface area is 133 Å². The number of halogens is 1. The third-order valence-corrected chi connectivity index (χ3v) is 4.32. The van der Waals surface area contributed by atoms with Gasteiger partial charge in [0.05, 0.1) is 5.69 Å². The molecule has 1 amide bonds. The van der Waals surface area contributed by atoms with Crippen molar-refractivity contribution in [2.45, 2.75) is 45.4 Å². The molecule has 0 aliphatic carbocycles. The van der Waals surface area contributed by atoms with Crippen LogP contribution < -0.4 is 4.90 Å². The number of rotatable bonds is 7. The van der Waals surface area contributed by atoms with Crippen LogP contribution in [-0.4, -0.2) is 37.0 Å². The SMILES string of the molecule is CCCCCCCC(=O)N1CCN(c2ccccc2F)CC1. The molecule has 1 aliphatic heterocycles. The first-order chi connectivity index (χ1) is 10.7. The summed E-state index contributed by atoms with van der Waals surface area (Å²) in [6.45, 7) is 5.01. The molecule has 3 nitrogen and oxygen atoms in total. The highest BCUT2D eigenvalue weighted by molar-refractivity contribution is 5.76. The predicted octanol–water partition coefficient (Wildman–Crippen LogP) is 3.83. The smallest absolute Gasteiger partial charge is 0.222 e. The molecule has 1 aliphatic rings. The number of nitrogens with zero attached hydrogens (tertiary/aromatic N) is 2. The van der Waals surface area contributed by atoms with Gasteiger partial charge in [0.1, 0.15) is 5.82 Å². The second kappa shape index (κ2) is 8.76. The molecule has 0 saturated carbocycles. The zero-order valence-electron chi connectivity index (χ0n) is 13.6. The summed E-state index contributed by atoms with van der Waals surface area (Å²) in [4.78, 5) is 16.1. The molecule has 1 aromatic rings. The maximum atomic E-state index is 13.8. The highest BCUT2D eigenvalue weighted by Crippen LogP contribution is 2.20. The Morgan fingerprint density at radius 3 is 2.41 bits per heavy atom. The molecule has 0 bridgehead atoms. The minimum atomic E-state index is -0.182. The molecular weight excluding hydrogens is 279 g/mol. The van der Waals surface area contributed by atoms with E-state index in [4.69, 9.17) is 0 Å². The van der Waals surface area contributed by atoms with Gasteiger partial charge in [0.2, 0.25) is 5.91 Å². The lowest BCUT2D eigenvalue weighted by Crippen LogP contribution is -2.49. The van der Waals surface area contributed by atoms with Gasteiger partial charge in [-0.2, -0.15) is 0 Å². The minimum Gasteiger partial charge on any atom is -0.366 e. The van der Waals surface area contributed by atoms with Crippen LogP contribution in [0.1, 0.15) is 45.4 Å². The van der Waals surface area contributed by atoms with E-state index in [1.54, 1.807) is 12.1 Å². The number of amides is 1. The number of carbonyl (C=O) groups excluding carboxylic acids is 1. The Kier molecular flexibility index (Phi) is 6.69. The summed E-state index contributed by atoms with van der Waals surface area (Å²) >= 11 is 0. The maximum absolute atomic E-state index is 13.8. The Hall–Kier alpha value is -1.58. The number of unbranched alkanes of at least 4 members (excludes halogenated alkanes) is 4. The highest BCUT2D eigenvalue weighted by atomic mass is 19.1. The Morgan fingerprint density at radius 1 is 1.05 bits per heavy atom. The Balaban J connectivity index is 1.72. The van der Waals surface area contributed by atoms with E-state index in [-0.39, 0.29) is 11.7 Å². The molecule has 0 aromatic heterocycles. The lowest BCUT2D eigenvalue weighted by Gasteiger charge is -2.36. The molecule has 1 heterocycles. The van der Waals surface area contributed by atoms with E-state index in [0.717, 1.165) is 12.8 Å². The van der Waals surface area contributed by atoms with Crippen LogP contribution in [0.3, 0.4) is 0 Å². The van der Waals surface area contributed by atoms with Crippen molar-refractivity contribution < 1.29 is 9.18 Å². The number of piperazine rings is 1. The van der Waals surface area contributed by atoms with Gasteiger partial charge in [0.25, 0.3) is 0 Å². The highest BCUT2D eigenvalue weighted by Gasteiger charge is 2.22. The van der Waals surface area contributed by atoms with Crippen LogP contribution in [0.15, 0.2) is 24.3 Å². The van der Waals surface area contributed by atoms with E-state index in [1.807, 2.05) is 15.9 Å². The molecule has 1 aromatic carbocycles. The van der Waals surface area contributed by atoms with E-state index in [2.05, 4.69) is 6.92 Å². The zero-order chi connectivity index (χ0) is 15.8. The van der Waals surface area contributed by atoms with Crippen LogP contribution in [0, 0.1) is 5.82 Å². The first-order valence-corrected chi connectivity index (χ1v) is 8.49.